The average molecular weight is 830 g/mol. The normalized spacial score (nSPS) is 13.2. The molecule has 0 N–H and O–H groups in total. The lowest BCUT2D eigenvalue weighted by molar-refractivity contribution is 0.436. The van der Waals surface area contributed by atoms with Gasteiger partial charge in [-0.2, -0.15) is 0 Å². The Morgan fingerprint density at radius 3 is 1.54 bits per heavy atom. The molecule has 0 saturated carbocycles. The lowest BCUT2D eigenvalue weighted by atomic mass is 9.66. The molecule has 0 atom stereocenters. The first kappa shape index (κ1) is 35.9. The van der Waals surface area contributed by atoms with Crippen LogP contribution in [0.25, 0.3) is 99.9 Å². The monoisotopic (exact) mass is 829 g/mol. The molecule has 14 rings (SSSR count). The summed E-state index contributed by atoms with van der Waals surface area (Å²) in [5.41, 5.74) is 13.2. The van der Waals surface area contributed by atoms with Crippen LogP contribution < -0.4 is 4.74 Å². The van der Waals surface area contributed by atoms with E-state index in [9.17, 15) is 0 Å². The van der Waals surface area contributed by atoms with Crippen LogP contribution >= 0.6 is 0 Å². The van der Waals surface area contributed by atoms with Crippen LogP contribution in [-0.4, -0.2) is 15.0 Å². The molecule has 0 saturated heterocycles. The van der Waals surface area contributed by atoms with Crippen LogP contribution in [0.1, 0.15) is 22.3 Å². The third kappa shape index (κ3) is 5.30. The molecule has 12 aromatic rings. The summed E-state index contributed by atoms with van der Waals surface area (Å²) >= 11 is 0. The molecule has 1 aliphatic heterocycles. The van der Waals surface area contributed by atoms with Gasteiger partial charge < -0.3 is 9.15 Å². The first-order valence-corrected chi connectivity index (χ1v) is 22.0. The van der Waals surface area contributed by atoms with E-state index in [2.05, 4.69) is 200 Å². The number of hydrogen-bond acceptors (Lipinski definition) is 5. The molecule has 65 heavy (non-hydrogen) atoms. The number of hydrogen-bond donors (Lipinski definition) is 0. The Morgan fingerprint density at radius 2 is 0.846 bits per heavy atom. The Labute approximate surface area is 373 Å². The second-order valence-corrected chi connectivity index (χ2v) is 17.1. The van der Waals surface area contributed by atoms with Crippen LogP contribution in [0.4, 0.5) is 0 Å². The van der Waals surface area contributed by atoms with E-state index in [1.807, 2.05) is 12.1 Å². The summed E-state index contributed by atoms with van der Waals surface area (Å²) in [7, 11) is 0. The second-order valence-electron chi connectivity index (χ2n) is 17.1. The average Bonchev–Trinajstić information content (AvgIpc) is 3.89. The van der Waals surface area contributed by atoms with Crippen LogP contribution in [0.2, 0.25) is 0 Å². The van der Waals surface area contributed by atoms with Gasteiger partial charge in [-0.15, -0.1) is 0 Å². The van der Waals surface area contributed by atoms with E-state index in [1.165, 1.54) is 22.3 Å². The van der Waals surface area contributed by atoms with Crippen molar-refractivity contribution in [3.8, 4) is 67.9 Å². The smallest absolute Gasteiger partial charge is 0.164 e. The fourth-order valence-corrected chi connectivity index (χ4v) is 10.6. The summed E-state index contributed by atoms with van der Waals surface area (Å²) < 4.78 is 13.2. The number of furan rings is 1. The lowest BCUT2D eigenvalue weighted by Gasteiger charge is -2.39. The Bertz CT molecular complexity index is 3820. The maximum absolute atomic E-state index is 6.63. The van der Waals surface area contributed by atoms with E-state index in [0.29, 0.717) is 17.5 Å². The van der Waals surface area contributed by atoms with Crippen LogP contribution in [0.3, 0.4) is 0 Å². The van der Waals surface area contributed by atoms with Gasteiger partial charge in [-0.05, 0) is 103 Å². The summed E-state index contributed by atoms with van der Waals surface area (Å²) in [4.78, 5) is 15.7. The fourth-order valence-electron chi connectivity index (χ4n) is 10.6. The maximum Gasteiger partial charge on any atom is 0.164 e. The number of nitrogens with zero attached hydrogens (tertiary/aromatic N) is 3. The molecule has 3 heterocycles. The van der Waals surface area contributed by atoms with Gasteiger partial charge in [0.1, 0.15) is 22.7 Å². The first-order chi connectivity index (χ1) is 32.2. The third-order valence-corrected chi connectivity index (χ3v) is 13.6. The molecular formula is C60H35N3O2. The molecule has 2 aliphatic rings. The molecule has 1 spiro atoms. The molecule has 1 aliphatic carbocycles. The summed E-state index contributed by atoms with van der Waals surface area (Å²) in [6.45, 7) is 0. The Hall–Kier alpha value is -8.67. The predicted molar refractivity (Wildman–Crippen MR) is 261 cm³/mol. The molecule has 302 valence electrons. The number of fused-ring (bicyclic) bond motifs is 14. The van der Waals surface area contributed by atoms with Crippen molar-refractivity contribution in [3.05, 3.63) is 235 Å². The SMILES string of the molecule is c1ccc2c(c1)Oc1ccccc1C21c2ccccc2-c2ccc(-c3ccc4oc5cccc(-c6nc(-c7ccc8ccccc8c7)nc(-c7ccc8ccccc8c7)n6)c5c4c3)cc21. The Kier molecular flexibility index (Phi) is 7.54. The van der Waals surface area contributed by atoms with E-state index in [0.717, 1.165) is 93.9 Å². The summed E-state index contributed by atoms with van der Waals surface area (Å²) in [6.07, 6.45) is 0. The molecule has 5 nitrogen and oxygen atoms in total. The number of benzene rings is 10. The van der Waals surface area contributed by atoms with Gasteiger partial charge >= 0.3 is 0 Å². The van der Waals surface area contributed by atoms with E-state index in [-0.39, 0.29) is 0 Å². The minimum absolute atomic E-state index is 0.558. The molecule has 0 unspecified atom stereocenters. The van der Waals surface area contributed by atoms with Crippen molar-refractivity contribution in [3.63, 3.8) is 0 Å². The van der Waals surface area contributed by atoms with Crippen LogP contribution in [0.5, 0.6) is 11.5 Å². The highest BCUT2D eigenvalue weighted by molar-refractivity contribution is 6.13. The topological polar surface area (TPSA) is 61.0 Å². The standard InChI is InChI=1S/C60H35N3O2/c1-3-14-38-32-42(26-24-36(38)12-1)57-61-58(43-27-25-37-13-2-4-15-39(37)33-43)63-59(62-57)46-17-11-23-55-56(46)47-34-40(29-31-52(47)64-55)41-28-30-45-44-16-5-6-18-48(44)60(51(45)35-41)49-19-7-9-21-53(49)65-54-22-10-8-20-50(54)60/h1-35H. The van der Waals surface area contributed by atoms with E-state index >= 15 is 0 Å². The van der Waals surface area contributed by atoms with Gasteiger partial charge in [-0.25, -0.2) is 15.0 Å². The summed E-state index contributed by atoms with van der Waals surface area (Å²) in [5.74, 6) is 3.56. The molecule has 2 aromatic heterocycles. The Balaban J connectivity index is 0.965. The molecule has 5 heteroatoms. The van der Waals surface area contributed by atoms with Gasteiger partial charge in [0, 0.05) is 38.6 Å². The Morgan fingerprint density at radius 1 is 0.323 bits per heavy atom. The van der Waals surface area contributed by atoms with E-state index in [1.54, 1.807) is 0 Å². The third-order valence-electron chi connectivity index (χ3n) is 13.6. The van der Waals surface area contributed by atoms with Gasteiger partial charge in [0.2, 0.25) is 0 Å². The molecule has 0 fully saturated rings. The van der Waals surface area contributed by atoms with Crippen LogP contribution in [0.15, 0.2) is 217 Å². The number of para-hydroxylation sites is 2. The van der Waals surface area contributed by atoms with Crippen molar-refractivity contribution in [1.82, 2.24) is 15.0 Å². The van der Waals surface area contributed by atoms with Crippen molar-refractivity contribution in [2.45, 2.75) is 5.41 Å². The molecular weight excluding hydrogens is 795 g/mol. The number of aromatic nitrogens is 3. The second kappa shape index (κ2) is 13.7. The van der Waals surface area contributed by atoms with Gasteiger partial charge in [0.15, 0.2) is 17.5 Å². The van der Waals surface area contributed by atoms with Gasteiger partial charge in [-0.3, -0.25) is 0 Å². The van der Waals surface area contributed by atoms with Crippen molar-refractivity contribution < 1.29 is 9.15 Å². The van der Waals surface area contributed by atoms with Gasteiger partial charge in [-0.1, -0.05) is 164 Å². The highest BCUT2D eigenvalue weighted by Crippen LogP contribution is 2.62. The molecule has 0 amide bonds. The van der Waals surface area contributed by atoms with E-state index < -0.39 is 5.41 Å². The predicted octanol–water partition coefficient (Wildman–Crippen LogP) is 15.2. The van der Waals surface area contributed by atoms with Crippen molar-refractivity contribution in [1.29, 1.82) is 0 Å². The minimum atomic E-state index is -0.558. The summed E-state index contributed by atoms with van der Waals surface area (Å²) in [5, 5.41) is 6.53. The minimum Gasteiger partial charge on any atom is -0.457 e. The molecule has 10 aromatic carbocycles. The number of ether oxygens (including phenoxy) is 1. The van der Waals surface area contributed by atoms with Crippen LogP contribution in [0, 0.1) is 0 Å². The largest absolute Gasteiger partial charge is 0.457 e. The van der Waals surface area contributed by atoms with E-state index in [4.69, 9.17) is 24.1 Å². The first-order valence-electron chi connectivity index (χ1n) is 22.0. The fraction of sp³-hybridized carbons (Fsp3) is 0.0167. The van der Waals surface area contributed by atoms with Crippen molar-refractivity contribution in [2.24, 2.45) is 0 Å². The zero-order chi connectivity index (χ0) is 42.6. The maximum atomic E-state index is 6.63. The van der Waals surface area contributed by atoms with Gasteiger partial charge in [0.05, 0.1) is 5.41 Å². The lowest BCUT2D eigenvalue weighted by Crippen LogP contribution is -2.32. The molecule has 0 radical (unpaired) electrons. The number of rotatable bonds is 4. The molecule has 0 bridgehead atoms. The highest BCUT2D eigenvalue weighted by Gasteiger charge is 2.51. The highest BCUT2D eigenvalue weighted by atomic mass is 16.5. The zero-order valence-corrected chi connectivity index (χ0v) is 34.9. The van der Waals surface area contributed by atoms with Crippen molar-refractivity contribution >= 4 is 43.5 Å². The summed E-state index contributed by atoms with van der Waals surface area (Å²) in [6, 6.07) is 75.1. The zero-order valence-electron chi connectivity index (χ0n) is 34.9. The van der Waals surface area contributed by atoms with Crippen LogP contribution in [-0.2, 0) is 5.41 Å². The van der Waals surface area contributed by atoms with Gasteiger partial charge in [0.25, 0.3) is 0 Å². The van der Waals surface area contributed by atoms with Crippen molar-refractivity contribution in [2.75, 3.05) is 0 Å². The quantitative estimate of drug-likeness (QED) is 0.177.